The van der Waals surface area contributed by atoms with E-state index in [0.717, 1.165) is 39.3 Å². The topological polar surface area (TPSA) is 74.8 Å². The molecule has 4 atom stereocenters. The van der Waals surface area contributed by atoms with Crippen molar-refractivity contribution in [1.82, 2.24) is 0 Å². The van der Waals surface area contributed by atoms with E-state index in [-0.39, 0.29) is 12.2 Å². The number of aliphatic hydroxyl groups excluding tert-OH is 2. The maximum absolute atomic E-state index is 9.00. The van der Waals surface area contributed by atoms with Crippen LogP contribution in [-0.4, -0.2) is 61.1 Å². The van der Waals surface area contributed by atoms with Crippen LogP contribution in [0.4, 0.5) is 0 Å². The summed E-state index contributed by atoms with van der Waals surface area (Å²) in [6.45, 7) is 7.08. The minimum Gasteiger partial charge on any atom is -0.393 e. The molecule has 0 amide bonds. The van der Waals surface area contributed by atoms with Crippen LogP contribution in [0, 0.1) is 0 Å². The number of rotatable bonds is 8. The van der Waals surface area contributed by atoms with Crippen LogP contribution in [0.3, 0.4) is 0 Å². The number of aliphatic hydroxyl groups is 2. The fourth-order valence-corrected chi connectivity index (χ4v) is 1.31. The number of ether oxygens (including phenoxy) is 3. The van der Waals surface area contributed by atoms with Crippen molar-refractivity contribution in [1.29, 1.82) is 0 Å². The van der Waals surface area contributed by atoms with Gasteiger partial charge in [-0.25, -0.2) is 0 Å². The van der Waals surface area contributed by atoms with Gasteiger partial charge >= 0.3 is 0 Å². The van der Waals surface area contributed by atoms with Crippen LogP contribution in [0.5, 0.6) is 0 Å². The van der Waals surface area contributed by atoms with Gasteiger partial charge in [-0.2, -0.15) is 0 Å². The Morgan fingerprint density at radius 1 is 1.00 bits per heavy atom. The van der Waals surface area contributed by atoms with Crippen molar-refractivity contribution in [2.75, 3.05) is 26.4 Å². The van der Waals surface area contributed by atoms with Gasteiger partial charge in [-0.1, -0.05) is 13.8 Å². The van der Waals surface area contributed by atoms with Gasteiger partial charge in [0.25, 0.3) is 0 Å². The lowest BCUT2D eigenvalue weighted by atomic mass is 10.1. The number of hydrogen-bond donors (Lipinski definition) is 2. The molecule has 0 bridgehead atoms. The molecule has 0 aromatic rings. The van der Waals surface area contributed by atoms with Gasteiger partial charge < -0.3 is 24.4 Å². The summed E-state index contributed by atoms with van der Waals surface area (Å²) in [6.07, 6.45) is 2.13. The third-order valence-corrected chi connectivity index (χ3v) is 2.90. The standard InChI is InChI=1S/C7H16O2.C6H10O3/c1-3-6(8)5-7(9)4-2;1(5-3-8-5)7-2-6-4-9-6/h6-9H,3-5H2,1-2H3;5-6H,1-4H2. The first-order valence-electron chi connectivity index (χ1n) is 6.82. The Morgan fingerprint density at radius 3 is 1.67 bits per heavy atom. The highest BCUT2D eigenvalue weighted by Gasteiger charge is 2.26. The first-order chi connectivity index (χ1) is 8.65. The lowest BCUT2D eigenvalue weighted by molar-refractivity contribution is 0.0765. The van der Waals surface area contributed by atoms with E-state index in [1.165, 1.54) is 0 Å². The largest absolute Gasteiger partial charge is 0.393 e. The maximum atomic E-state index is 9.00. The Labute approximate surface area is 109 Å². The summed E-state index contributed by atoms with van der Waals surface area (Å²) in [5.41, 5.74) is 0. The SMILES string of the molecule is C(OCC1CO1)C1CO1.CCC(O)CC(O)CC. The van der Waals surface area contributed by atoms with Crippen LogP contribution in [0.15, 0.2) is 0 Å². The minimum atomic E-state index is -0.319. The van der Waals surface area contributed by atoms with Crippen LogP contribution in [-0.2, 0) is 14.2 Å². The molecule has 2 aliphatic heterocycles. The summed E-state index contributed by atoms with van der Waals surface area (Å²) in [7, 11) is 0. The second kappa shape index (κ2) is 8.82. The van der Waals surface area contributed by atoms with Gasteiger partial charge in [-0.15, -0.1) is 0 Å². The molecule has 2 saturated heterocycles. The van der Waals surface area contributed by atoms with E-state index in [0.29, 0.717) is 18.6 Å². The number of hydrogen-bond acceptors (Lipinski definition) is 5. The fraction of sp³-hybridized carbons (Fsp3) is 1.00. The zero-order valence-corrected chi connectivity index (χ0v) is 11.4. The molecule has 18 heavy (non-hydrogen) atoms. The van der Waals surface area contributed by atoms with Crippen LogP contribution >= 0.6 is 0 Å². The lowest BCUT2D eigenvalue weighted by Gasteiger charge is -2.11. The molecule has 2 heterocycles. The van der Waals surface area contributed by atoms with Crippen molar-refractivity contribution in [2.45, 2.75) is 57.5 Å². The highest BCUT2D eigenvalue weighted by molar-refractivity contribution is 4.71. The Hall–Kier alpha value is -0.200. The van der Waals surface area contributed by atoms with Gasteiger partial charge in [0.1, 0.15) is 12.2 Å². The molecule has 2 aliphatic rings. The maximum Gasteiger partial charge on any atom is 0.104 e. The molecule has 5 nitrogen and oxygen atoms in total. The summed E-state index contributed by atoms with van der Waals surface area (Å²) in [5.74, 6) is 0. The Bertz CT molecular complexity index is 184. The first kappa shape index (κ1) is 15.9. The van der Waals surface area contributed by atoms with Crippen LogP contribution in [0.1, 0.15) is 33.1 Å². The molecular weight excluding hydrogens is 236 g/mol. The summed E-state index contributed by atoms with van der Waals surface area (Å²) >= 11 is 0. The van der Waals surface area contributed by atoms with Gasteiger partial charge in [0.15, 0.2) is 0 Å². The van der Waals surface area contributed by atoms with E-state index < -0.39 is 0 Å². The Kier molecular flexibility index (Phi) is 7.77. The molecular formula is C13H26O5. The van der Waals surface area contributed by atoms with Crippen LogP contribution < -0.4 is 0 Å². The smallest absolute Gasteiger partial charge is 0.104 e. The van der Waals surface area contributed by atoms with E-state index in [9.17, 15) is 0 Å². The van der Waals surface area contributed by atoms with Gasteiger partial charge in [0.2, 0.25) is 0 Å². The highest BCUT2D eigenvalue weighted by Crippen LogP contribution is 2.12. The molecule has 0 spiro atoms. The molecule has 2 fully saturated rings. The predicted octanol–water partition coefficient (Wildman–Crippen LogP) is 0.719. The first-order valence-corrected chi connectivity index (χ1v) is 6.82. The second-order valence-corrected chi connectivity index (χ2v) is 4.81. The zero-order chi connectivity index (χ0) is 13.4. The Morgan fingerprint density at radius 2 is 1.39 bits per heavy atom. The van der Waals surface area contributed by atoms with Gasteiger partial charge in [-0.3, -0.25) is 0 Å². The fourth-order valence-electron chi connectivity index (χ4n) is 1.31. The monoisotopic (exact) mass is 262 g/mol. The normalized spacial score (nSPS) is 28.0. The quantitative estimate of drug-likeness (QED) is 0.630. The molecule has 4 unspecified atom stereocenters. The zero-order valence-electron chi connectivity index (χ0n) is 11.4. The highest BCUT2D eigenvalue weighted by atomic mass is 16.6. The molecule has 108 valence electrons. The number of epoxide rings is 2. The van der Waals surface area contributed by atoms with Crippen LogP contribution in [0.2, 0.25) is 0 Å². The van der Waals surface area contributed by atoms with E-state index in [1.807, 2.05) is 13.8 Å². The average Bonchev–Trinajstić information content (AvgIpc) is 3.23. The second-order valence-electron chi connectivity index (χ2n) is 4.81. The van der Waals surface area contributed by atoms with Crippen molar-refractivity contribution in [3.63, 3.8) is 0 Å². The Balaban J connectivity index is 0.000000180. The molecule has 0 aromatic carbocycles. The van der Waals surface area contributed by atoms with Crippen molar-refractivity contribution in [3.8, 4) is 0 Å². The van der Waals surface area contributed by atoms with Gasteiger partial charge in [0.05, 0.1) is 38.6 Å². The third kappa shape index (κ3) is 8.83. The van der Waals surface area contributed by atoms with Gasteiger partial charge in [0, 0.05) is 0 Å². The van der Waals surface area contributed by atoms with E-state index in [1.54, 1.807) is 0 Å². The van der Waals surface area contributed by atoms with E-state index in [2.05, 4.69) is 0 Å². The lowest BCUT2D eigenvalue weighted by Crippen LogP contribution is -2.15. The molecule has 0 aromatic heterocycles. The molecule has 2 N–H and O–H groups in total. The van der Waals surface area contributed by atoms with E-state index in [4.69, 9.17) is 24.4 Å². The molecule has 0 aliphatic carbocycles. The molecule has 0 radical (unpaired) electrons. The minimum absolute atomic E-state index is 0.319. The average molecular weight is 262 g/mol. The summed E-state index contributed by atoms with van der Waals surface area (Å²) < 4.78 is 15.1. The van der Waals surface area contributed by atoms with Crippen LogP contribution in [0.25, 0.3) is 0 Å². The van der Waals surface area contributed by atoms with Crippen molar-refractivity contribution < 1.29 is 24.4 Å². The van der Waals surface area contributed by atoms with Gasteiger partial charge in [-0.05, 0) is 19.3 Å². The third-order valence-electron chi connectivity index (χ3n) is 2.90. The molecule has 5 heteroatoms. The molecule has 0 saturated carbocycles. The summed E-state index contributed by atoms with van der Waals surface area (Å²) in [4.78, 5) is 0. The van der Waals surface area contributed by atoms with Crippen molar-refractivity contribution in [2.24, 2.45) is 0 Å². The molecule has 2 rings (SSSR count). The van der Waals surface area contributed by atoms with Crippen molar-refractivity contribution >= 4 is 0 Å². The summed E-state index contributed by atoms with van der Waals surface area (Å²) in [6, 6.07) is 0. The predicted molar refractivity (Wildman–Crippen MR) is 67.5 cm³/mol. The summed E-state index contributed by atoms with van der Waals surface area (Å²) in [5, 5.41) is 18.0. The van der Waals surface area contributed by atoms with E-state index >= 15 is 0 Å². The van der Waals surface area contributed by atoms with Crippen molar-refractivity contribution in [3.05, 3.63) is 0 Å².